The molecule has 83 heavy (non-hydrogen) atoms. The van der Waals surface area contributed by atoms with Crippen LogP contribution in [-0.2, 0) is 59.0 Å². The summed E-state index contributed by atoms with van der Waals surface area (Å²) >= 11 is 0. The fourth-order valence-corrected chi connectivity index (χ4v) is 11.2. The van der Waals surface area contributed by atoms with Crippen molar-refractivity contribution in [3.63, 3.8) is 0 Å². The molecule has 0 bridgehead atoms. The molecule has 0 amide bonds. The zero-order valence-electron chi connectivity index (χ0n) is 53.1. The van der Waals surface area contributed by atoms with Crippen molar-refractivity contribution < 1.29 is 30.6 Å². The van der Waals surface area contributed by atoms with E-state index in [1.807, 2.05) is 6.20 Å². The number of phenols is 1. The SMILES string of the molecule is CC(C)(C)c1cc(-c2cc(-c3cc(C(C)(C)C)cc4c5cc(C(C)(C)C)ccc5n(-c5cc(C(C)(C)C)cc(C(C)(C)C)c5)c34)ccn2)[c-]c(-c2cccc3c2nc(-c2ccc(F)cc2O)n3-c2cc(C(C)(C)C)cc(C(C)(C)C)c2)c1.[Pt]. The number of rotatable bonds is 6. The van der Waals surface area contributed by atoms with Crippen molar-refractivity contribution in [2.45, 2.75) is 183 Å². The molecule has 0 saturated heterocycles. The van der Waals surface area contributed by atoms with E-state index in [-0.39, 0.29) is 64.7 Å². The minimum absolute atomic E-state index is 0. The van der Waals surface area contributed by atoms with Crippen LogP contribution in [0.1, 0.15) is 184 Å². The van der Waals surface area contributed by atoms with Crippen LogP contribution in [0.15, 0.2) is 134 Å². The molecule has 10 rings (SSSR count). The van der Waals surface area contributed by atoms with Gasteiger partial charge in [0.15, 0.2) is 0 Å². The Hall–Kier alpha value is -6.62. The average Bonchev–Trinajstić information content (AvgIpc) is 1.77. The summed E-state index contributed by atoms with van der Waals surface area (Å²) < 4.78 is 19.5. The maximum atomic E-state index is 14.8. The molecule has 0 atom stereocenters. The van der Waals surface area contributed by atoms with Crippen LogP contribution in [-0.4, -0.2) is 24.2 Å². The minimum Gasteiger partial charge on any atom is -0.507 e. The van der Waals surface area contributed by atoms with Gasteiger partial charge in [0.2, 0.25) is 0 Å². The van der Waals surface area contributed by atoms with E-state index in [1.54, 1.807) is 6.07 Å². The van der Waals surface area contributed by atoms with E-state index in [9.17, 15) is 9.50 Å². The Balaban J connectivity index is 0.00000828. The normalized spacial score (nSPS) is 13.1. The molecule has 0 fully saturated rings. The molecule has 3 heterocycles. The Morgan fingerprint density at radius 1 is 0.422 bits per heavy atom. The van der Waals surface area contributed by atoms with Crippen molar-refractivity contribution in [2.75, 3.05) is 0 Å². The smallest absolute Gasteiger partial charge is 0.148 e. The summed E-state index contributed by atoms with van der Waals surface area (Å²) in [5.74, 6) is -0.177. The van der Waals surface area contributed by atoms with E-state index in [0.717, 1.165) is 67.0 Å². The Labute approximate surface area is 509 Å². The zero-order valence-corrected chi connectivity index (χ0v) is 55.4. The summed E-state index contributed by atoms with van der Waals surface area (Å²) in [6, 6.07) is 49.3. The molecule has 5 nitrogen and oxygen atoms in total. The number of pyridine rings is 1. The fourth-order valence-electron chi connectivity index (χ4n) is 11.2. The monoisotopic (exact) mass is 1280 g/mol. The summed E-state index contributed by atoms with van der Waals surface area (Å²) in [6.07, 6.45) is 1.96. The van der Waals surface area contributed by atoms with Gasteiger partial charge in [-0.3, -0.25) is 9.55 Å². The second kappa shape index (κ2) is 20.9. The Bertz CT molecular complexity index is 4090. The van der Waals surface area contributed by atoms with Gasteiger partial charge in [-0.2, -0.15) is 0 Å². The molecule has 7 aromatic carbocycles. The van der Waals surface area contributed by atoms with E-state index in [4.69, 9.17) is 9.97 Å². The van der Waals surface area contributed by atoms with Gasteiger partial charge in [-0.25, -0.2) is 9.37 Å². The van der Waals surface area contributed by atoms with Gasteiger partial charge in [0.05, 0.1) is 27.6 Å². The standard InChI is InChI=1S/C76H86FN4O.Pt/c1-70(2,3)48-25-28-64-61(41-48)62-43-54(76(19,20)21)42-60(68(62)80(64)56-37-50(72(7,8)9)35-51(38-56)73(10,11)12)45-29-30-78-63(34-45)47-31-46(32-49(33-47)71(4,5)6)58-23-22-24-65-67(58)79-69(59-27-26-55(77)44-66(59)82)81(65)57-39-52(74(13,14)15)36-53(40-57)75(16,17)18;/h22-30,32-44,82H,1-21H3;/q-1;. The van der Waals surface area contributed by atoms with Crippen molar-refractivity contribution in [1.82, 2.24) is 19.1 Å². The van der Waals surface area contributed by atoms with Crippen LogP contribution in [0, 0.1) is 11.9 Å². The molecular formula is C76H86FN4OPt-. The predicted octanol–water partition coefficient (Wildman–Crippen LogP) is 20.9. The number of aromatic nitrogens is 4. The average molecular weight is 1290 g/mol. The zero-order chi connectivity index (χ0) is 59.8. The van der Waals surface area contributed by atoms with E-state index >= 15 is 0 Å². The third-order valence-electron chi connectivity index (χ3n) is 16.7. The molecule has 1 N–H and O–H groups in total. The number of benzene rings is 7. The largest absolute Gasteiger partial charge is 0.507 e. The molecule has 3 aromatic heterocycles. The number of hydrogen-bond acceptors (Lipinski definition) is 3. The van der Waals surface area contributed by atoms with Gasteiger partial charge >= 0.3 is 0 Å². The predicted molar refractivity (Wildman–Crippen MR) is 346 cm³/mol. The number of halogens is 1. The van der Waals surface area contributed by atoms with E-state index in [1.165, 1.54) is 61.8 Å². The Morgan fingerprint density at radius 2 is 0.916 bits per heavy atom. The molecular weight excluding hydrogens is 1200 g/mol. The summed E-state index contributed by atoms with van der Waals surface area (Å²) in [6.45, 7) is 47.9. The number of hydrogen-bond donors (Lipinski definition) is 1. The van der Waals surface area contributed by atoms with Gasteiger partial charge in [0.1, 0.15) is 17.4 Å². The van der Waals surface area contributed by atoms with Crippen molar-refractivity contribution >= 4 is 32.8 Å². The molecule has 7 heteroatoms. The number of imidazole rings is 1. The molecule has 0 unspecified atom stereocenters. The molecule has 0 aliphatic rings. The van der Waals surface area contributed by atoms with E-state index in [2.05, 4.69) is 270 Å². The van der Waals surface area contributed by atoms with Crippen LogP contribution in [0.5, 0.6) is 5.75 Å². The van der Waals surface area contributed by atoms with Gasteiger partial charge in [-0.1, -0.05) is 193 Å². The quantitative estimate of drug-likeness (QED) is 0.169. The molecule has 0 saturated carbocycles. The minimum atomic E-state index is -0.517. The number of phenolic OH excluding ortho intramolecular Hbond substituents is 1. The van der Waals surface area contributed by atoms with Crippen LogP contribution in [0.25, 0.3) is 89.1 Å². The Kier molecular flexibility index (Phi) is 15.3. The van der Waals surface area contributed by atoms with Gasteiger partial charge in [0, 0.05) is 66.7 Å². The van der Waals surface area contributed by atoms with Gasteiger partial charge < -0.3 is 9.67 Å². The van der Waals surface area contributed by atoms with Crippen molar-refractivity contribution in [2.24, 2.45) is 0 Å². The molecule has 0 radical (unpaired) electrons. The second-order valence-electron chi connectivity index (χ2n) is 30.5. The number of nitrogens with zero attached hydrogens (tertiary/aromatic N) is 4. The summed E-state index contributed by atoms with van der Waals surface area (Å²) in [5, 5.41) is 14.0. The van der Waals surface area contributed by atoms with E-state index in [0.29, 0.717) is 11.4 Å². The maximum absolute atomic E-state index is 14.8. The van der Waals surface area contributed by atoms with Crippen LogP contribution in [0.4, 0.5) is 4.39 Å². The summed E-state index contributed by atoms with van der Waals surface area (Å²) in [5.41, 5.74) is 19.8. The molecule has 0 spiro atoms. The Morgan fingerprint density at radius 3 is 1.45 bits per heavy atom. The van der Waals surface area contributed by atoms with Gasteiger partial charge in [-0.05, 0) is 150 Å². The molecule has 434 valence electrons. The van der Waals surface area contributed by atoms with Crippen molar-refractivity contribution in [3.05, 3.63) is 184 Å². The van der Waals surface area contributed by atoms with Crippen LogP contribution >= 0.6 is 0 Å². The topological polar surface area (TPSA) is 55.9 Å². The first-order chi connectivity index (χ1) is 37.9. The third kappa shape index (κ3) is 11.8. The van der Waals surface area contributed by atoms with Crippen LogP contribution in [0.2, 0.25) is 0 Å². The molecule has 10 aromatic rings. The van der Waals surface area contributed by atoms with Crippen LogP contribution < -0.4 is 0 Å². The molecule has 0 aliphatic carbocycles. The van der Waals surface area contributed by atoms with E-state index < -0.39 is 5.82 Å². The first-order valence-corrected chi connectivity index (χ1v) is 29.4. The van der Waals surface area contributed by atoms with Gasteiger partial charge in [-0.15, -0.1) is 29.3 Å². The van der Waals surface area contributed by atoms with Crippen LogP contribution in [0.3, 0.4) is 0 Å². The first kappa shape index (κ1) is 61.0. The second-order valence-corrected chi connectivity index (χ2v) is 30.5. The first-order valence-electron chi connectivity index (χ1n) is 29.4. The van der Waals surface area contributed by atoms with Crippen molar-refractivity contribution in [1.29, 1.82) is 0 Å². The molecule has 0 aliphatic heterocycles. The number of para-hydroxylation sites is 1. The summed E-state index contributed by atoms with van der Waals surface area (Å²) in [4.78, 5) is 10.7. The maximum Gasteiger partial charge on any atom is 0.148 e. The number of aromatic hydroxyl groups is 1. The van der Waals surface area contributed by atoms with Gasteiger partial charge in [0.25, 0.3) is 0 Å². The summed E-state index contributed by atoms with van der Waals surface area (Å²) in [7, 11) is 0. The van der Waals surface area contributed by atoms with Crippen molar-refractivity contribution in [3.8, 4) is 62.0 Å². The third-order valence-corrected chi connectivity index (χ3v) is 16.7. The fraction of sp³-hybridized carbons (Fsp3) is 0.368. The number of fused-ring (bicyclic) bond motifs is 4.